The maximum absolute atomic E-state index is 11.3. The van der Waals surface area contributed by atoms with E-state index in [9.17, 15) is 4.79 Å². The Morgan fingerprint density at radius 2 is 1.90 bits per heavy atom. The third-order valence-electron chi connectivity index (χ3n) is 2.87. The number of carbonyl (C=O) groups is 1. The van der Waals surface area contributed by atoms with Crippen LogP contribution in [0.2, 0.25) is 0 Å². The zero-order valence-corrected chi connectivity index (χ0v) is 11.6. The maximum Gasteiger partial charge on any atom is 0.317 e. The van der Waals surface area contributed by atoms with E-state index >= 15 is 0 Å². The van der Waals surface area contributed by atoms with Crippen LogP contribution >= 0.6 is 0 Å². The lowest BCUT2D eigenvalue weighted by atomic mass is 10.0. The molecule has 0 unspecified atom stereocenters. The van der Waals surface area contributed by atoms with Crippen LogP contribution in [-0.4, -0.2) is 19.7 Å². The fraction of sp³-hybridized carbons (Fsp3) is 0.235. The molecule has 3 heteroatoms. The van der Waals surface area contributed by atoms with Crippen LogP contribution in [0, 0.1) is 11.8 Å². The second-order valence-electron chi connectivity index (χ2n) is 4.14. The highest BCUT2D eigenvalue weighted by Crippen LogP contribution is 2.27. The van der Waals surface area contributed by atoms with Crippen molar-refractivity contribution in [2.45, 2.75) is 13.3 Å². The Labute approximate surface area is 118 Å². The molecule has 0 N–H and O–H groups in total. The number of ether oxygens (including phenoxy) is 2. The Morgan fingerprint density at radius 1 is 1.15 bits per heavy atom. The number of hydrogen-bond acceptors (Lipinski definition) is 3. The summed E-state index contributed by atoms with van der Waals surface area (Å²) in [5, 5.41) is 2.03. The predicted octanol–water partition coefficient (Wildman–Crippen LogP) is 3.15. The van der Waals surface area contributed by atoms with Gasteiger partial charge in [0.2, 0.25) is 0 Å². The Morgan fingerprint density at radius 3 is 2.60 bits per heavy atom. The number of fused-ring (bicyclic) bond motifs is 1. The number of hydrogen-bond donors (Lipinski definition) is 0. The first kappa shape index (κ1) is 14.0. The van der Waals surface area contributed by atoms with Gasteiger partial charge >= 0.3 is 5.97 Å². The molecule has 0 heterocycles. The van der Waals surface area contributed by atoms with Crippen molar-refractivity contribution in [2.24, 2.45) is 0 Å². The van der Waals surface area contributed by atoms with Crippen molar-refractivity contribution < 1.29 is 14.3 Å². The lowest BCUT2D eigenvalue weighted by Crippen LogP contribution is -2.01. The number of carbonyl (C=O) groups excluding carboxylic acids is 1. The van der Waals surface area contributed by atoms with Crippen molar-refractivity contribution in [3.8, 4) is 17.6 Å². The summed E-state index contributed by atoms with van der Waals surface area (Å²) >= 11 is 0. The molecule has 102 valence electrons. The number of benzene rings is 2. The van der Waals surface area contributed by atoms with E-state index in [1.807, 2.05) is 36.4 Å². The van der Waals surface area contributed by atoms with Gasteiger partial charge in [0.15, 0.2) is 0 Å². The normalized spacial score (nSPS) is 9.70. The molecule has 0 aromatic heterocycles. The van der Waals surface area contributed by atoms with Crippen LogP contribution in [0.1, 0.15) is 18.9 Å². The molecule has 0 radical (unpaired) electrons. The first-order chi connectivity index (χ1) is 9.76. The van der Waals surface area contributed by atoms with Crippen LogP contribution < -0.4 is 4.74 Å². The summed E-state index contributed by atoms with van der Waals surface area (Å²) in [6.45, 7) is 2.16. The van der Waals surface area contributed by atoms with Crippen molar-refractivity contribution in [2.75, 3.05) is 13.7 Å². The average Bonchev–Trinajstić information content (AvgIpc) is 2.47. The molecule has 0 aliphatic carbocycles. The SMILES string of the molecule is CCOC(=O)CC#Cc1ccc(OC)c2ccccc12. The molecule has 2 aromatic carbocycles. The summed E-state index contributed by atoms with van der Waals surface area (Å²) in [6, 6.07) is 11.7. The molecule has 3 nitrogen and oxygen atoms in total. The Kier molecular flexibility index (Phi) is 4.62. The van der Waals surface area contributed by atoms with Crippen LogP contribution in [-0.2, 0) is 9.53 Å². The molecule has 0 bridgehead atoms. The number of methoxy groups -OCH3 is 1. The van der Waals surface area contributed by atoms with E-state index in [0.717, 1.165) is 22.1 Å². The molecule has 0 aliphatic heterocycles. The third kappa shape index (κ3) is 3.10. The molecule has 0 spiro atoms. The van der Waals surface area contributed by atoms with Crippen LogP contribution in [0.5, 0.6) is 5.75 Å². The molecule has 0 atom stereocenters. The number of esters is 1. The van der Waals surface area contributed by atoms with Gasteiger partial charge in [-0.05, 0) is 19.1 Å². The first-order valence-electron chi connectivity index (χ1n) is 6.46. The van der Waals surface area contributed by atoms with Crippen molar-refractivity contribution in [3.05, 3.63) is 42.0 Å². The molecule has 0 fully saturated rings. The summed E-state index contributed by atoms with van der Waals surface area (Å²) < 4.78 is 10.2. The Bertz CT molecular complexity index is 677. The van der Waals surface area contributed by atoms with Crippen LogP contribution in [0.4, 0.5) is 0 Å². The predicted molar refractivity (Wildman–Crippen MR) is 78.6 cm³/mol. The Hall–Kier alpha value is -2.47. The van der Waals surface area contributed by atoms with Gasteiger partial charge in [0.25, 0.3) is 0 Å². The zero-order valence-electron chi connectivity index (χ0n) is 11.6. The minimum atomic E-state index is -0.294. The summed E-state index contributed by atoms with van der Waals surface area (Å²) in [5.41, 5.74) is 0.880. The fourth-order valence-electron chi connectivity index (χ4n) is 1.98. The maximum atomic E-state index is 11.3. The first-order valence-corrected chi connectivity index (χ1v) is 6.46. The minimum absolute atomic E-state index is 0.105. The van der Waals surface area contributed by atoms with Gasteiger partial charge in [0.05, 0.1) is 13.7 Å². The van der Waals surface area contributed by atoms with Crippen LogP contribution in [0.15, 0.2) is 36.4 Å². The van der Waals surface area contributed by atoms with Gasteiger partial charge in [-0.1, -0.05) is 36.1 Å². The van der Waals surface area contributed by atoms with Crippen molar-refractivity contribution in [1.29, 1.82) is 0 Å². The lowest BCUT2D eigenvalue weighted by molar-refractivity contribution is -0.141. The number of rotatable bonds is 3. The van der Waals surface area contributed by atoms with Crippen molar-refractivity contribution >= 4 is 16.7 Å². The molecule has 0 saturated carbocycles. The molecule has 2 aromatic rings. The van der Waals surface area contributed by atoms with Gasteiger partial charge in [-0.2, -0.15) is 0 Å². The molecule has 0 amide bonds. The van der Waals surface area contributed by atoms with Gasteiger partial charge in [0.1, 0.15) is 12.2 Å². The molecule has 0 aliphatic rings. The second-order valence-corrected chi connectivity index (χ2v) is 4.14. The van der Waals surface area contributed by atoms with E-state index < -0.39 is 0 Å². The topological polar surface area (TPSA) is 35.5 Å². The molecular weight excluding hydrogens is 252 g/mol. The summed E-state index contributed by atoms with van der Waals surface area (Å²) in [4.78, 5) is 11.3. The van der Waals surface area contributed by atoms with E-state index in [4.69, 9.17) is 9.47 Å². The van der Waals surface area contributed by atoms with E-state index in [0.29, 0.717) is 6.61 Å². The van der Waals surface area contributed by atoms with Gasteiger partial charge in [-0.15, -0.1) is 0 Å². The molecule has 2 rings (SSSR count). The largest absolute Gasteiger partial charge is 0.496 e. The lowest BCUT2D eigenvalue weighted by Gasteiger charge is -2.06. The molecular formula is C17H16O3. The van der Waals surface area contributed by atoms with Gasteiger partial charge < -0.3 is 9.47 Å². The van der Waals surface area contributed by atoms with Gasteiger partial charge in [-0.3, -0.25) is 4.79 Å². The van der Waals surface area contributed by atoms with Gasteiger partial charge in [-0.25, -0.2) is 0 Å². The van der Waals surface area contributed by atoms with Crippen molar-refractivity contribution in [1.82, 2.24) is 0 Å². The highest BCUT2D eigenvalue weighted by molar-refractivity contribution is 5.93. The fourth-order valence-corrected chi connectivity index (χ4v) is 1.98. The van der Waals surface area contributed by atoms with Crippen molar-refractivity contribution in [3.63, 3.8) is 0 Å². The third-order valence-corrected chi connectivity index (χ3v) is 2.87. The van der Waals surface area contributed by atoms with E-state index in [-0.39, 0.29) is 12.4 Å². The zero-order chi connectivity index (χ0) is 14.4. The monoisotopic (exact) mass is 268 g/mol. The summed E-state index contributed by atoms with van der Waals surface area (Å²) in [5.74, 6) is 6.39. The standard InChI is InChI=1S/C17H16O3/c1-3-20-17(18)10-6-7-13-11-12-16(19-2)15-9-5-4-8-14(13)15/h4-5,8-9,11-12H,3,10H2,1-2H3. The second kappa shape index (κ2) is 6.63. The van der Waals surface area contributed by atoms with Gasteiger partial charge in [0, 0.05) is 16.3 Å². The smallest absolute Gasteiger partial charge is 0.317 e. The van der Waals surface area contributed by atoms with E-state index in [1.165, 1.54) is 0 Å². The summed E-state index contributed by atoms with van der Waals surface area (Å²) in [7, 11) is 1.65. The average molecular weight is 268 g/mol. The van der Waals surface area contributed by atoms with E-state index in [1.54, 1.807) is 14.0 Å². The Balaban J connectivity index is 2.32. The minimum Gasteiger partial charge on any atom is -0.496 e. The van der Waals surface area contributed by atoms with Crippen LogP contribution in [0.3, 0.4) is 0 Å². The quantitative estimate of drug-likeness (QED) is 0.633. The van der Waals surface area contributed by atoms with Crippen LogP contribution in [0.25, 0.3) is 10.8 Å². The summed E-state index contributed by atoms with van der Waals surface area (Å²) in [6.07, 6.45) is 0.105. The van der Waals surface area contributed by atoms with E-state index in [2.05, 4.69) is 11.8 Å². The molecule has 20 heavy (non-hydrogen) atoms. The molecule has 0 saturated heterocycles. The highest BCUT2D eigenvalue weighted by atomic mass is 16.5. The highest BCUT2D eigenvalue weighted by Gasteiger charge is 2.04.